The Morgan fingerprint density at radius 1 is 1.47 bits per heavy atom. The molecule has 1 aromatic carbocycles. The lowest BCUT2D eigenvalue weighted by Crippen LogP contribution is -2.35. The molecule has 1 aromatic heterocycles. The molecular formula is C13H13N3O2S. The van der Waals surface area contributed by atoms with Gasteiger partial charge in [0.15, 0.2) is 6.61 Å². The summed E-state index contributed by atoms with van der Waals surface area (Å²) in [6, 6.07) is 7.70. The summed E-state index contributed by atoms with van der Waals surface area (Å²) in [5, 5.41) is 0. The topological polar surface area (TPSA) is 68.5 Å². The molecule has 0 bridgehead atoms. The fourth-order valence-corrected chi connectivity index (χ4v) is 2.59. The van der Waals surface area contributed by atoms with E-state index in [-0.39, 0.29) is 12.5 Å². The van der Waals surface area contributed by atoms with Gasteiger partial charge in [-0.15, -0.1) is 0 Å². The molecular weight excluding hydrogens is 262 g/mol. The molecule has 98 valence electrons. The highest BCUT2D eigenvalue weighted by Crippen LogP contribution is 2.35. The van der Waals surface area contributed by atoms with E-state index < -0.39 is 0 Å². The van der Waals surface area contributed by atoms with Crippen LogP contribution in [-0.2, 0) is 11.3 Å². The van der Waals surface area contributed by atoms with Crippen LogP contribution in [0.1, 0.15) is 4.88 Å². The second-order valence-electron chi connectivity index (χ2n) is 4.31. The van der Waals surface area contributed by atoms with Crippen LogP contribution in [0.3, 0.4) is 0 Å². The van der Waals surface area contributed by atoms with E-state index in [1.807, 2.05) is 24.3 Å². The summed E-state index contributed by atoms with van der Waals surface area (Å²) in [6.45, 7) is 0.584. The van der Waals surface area contributed by atoms with Crippen molar-refractivity contribution in [2.24, 2.45) is 5.73 Å². The smallest absolute Gasteiger partial charge is 0.264 e. The van der Waals surface area contributed by atoms with Gasteiger partial charge in [-0.25, -0.2) is 0 Å². The number of hydrogen-bond acceptors (Lipinski definition) is 5. The molecule has 0 unspecified atom stereocenters. The normalized spacial score (nSPS) is 14.2. The van der Waals surface area contributed by atoms with Crippen LogP contribution in [0.15, 0.2) is 24.3 Å². The van der Waals surface area contributed by atoms with Crippen LogP contribution >= 0.6 is 11.5 Å². The summed E-state index contributed by atoms with van der Waals surface area (Å²) in [4.78, 5) is 14.3. The van der Waals surface area contributed by atoms with Crippen molar-refractivity contribution < 1.29 is 9.53 Å². The monoisotopic (exact) mass is 275 g/mol. The number of benzene rings is 1. The molecule has 5 nitrogen and oxygen atoms in total. The highest BCUT2D eigenvalue weighted by atomic mass is 32.1. The number of anilines is 1. The molecule has 0 saturated carbocycles. The van der Waals surface area contributed by atoms with Crippen molar-refractivity contribution in [2.45, 2.75) is 6.54 Å². The first-order chi connectivity index (χ1) is 9.19. The Bertz CT molecular complexity index is 639. The Hall–Kier alpha value is -1.92. The second kappa shape index (κ2) is 4.64. The van der Waals surface area contributed by atoms with Crippen LogP contribution in [0.4, 0.5) is 5.69 Å². The molecule has 0 fully saturated rings. The number of rotatable bonds is 2. The summed E-state index contributed by atoms with van der Waals surface area (Å²) in [5.74, 6) is 0.672. The maximum Gasteiger partial charge on any atom is 0.264 e. The molecule has 0 radical (unpaired) electrons. The Morgan fingerprint density at radius 3 is 3.05 bits per heavy atom. The van der Waals surface area contributed by atoms with Gasteiger partial charge >= 0.3 is 0 Å². The third kappa shape index (κ3) is 2.09. The number of carbonyl (C=O) groups excluding carboxylic acids is 1. The standard InChI is InChI=1S/C13H13N3O2S/c1-16-11-4-8(10-5-9(6-14)19-15-10)2-3-12(11)18-7-13(16)17/h2-5H,6-7,14H2,1H3. The van der Waals surface area contributed by atoms with Crippen molar-refractivity contribution in [2.75, 3.05) is 18.6 Å². The predicted octanol–water partition coefficient (Wildman–Crippen LogP) is 1.62. The fourth-order valence-electron chi connectivity index (χ4n) is 1.98. The van der Waals surface area contributed by atoms with Crippen LogP contribution in [0, 0.1) is 0 Å². The molecule has 6 heteroatoms. The number of nitrogens with zero attached hydrogens (tertiary/aromatic N) is 2. The minimum absolute atomic E-state index is 0.0504. The SMILES string of the molecule is CN1C(=O)COc2ccc(-c3cc(CN)sn3)cc21. The third-order valence-corrected chi connectivity index (χ3v) is 3.91. The first-order valence-electron chi connectivity index (χ1n) is 5.88. The number of amides is 1. The third-order valence-electron chi connectivity index (χ3n) is 3.10. The molecule has 2 N–H and O–H groups in total. The molecule has 3 rings (SSSR count). The quantitative estimate of drug-likeness (QED) is 0.904. The van der Waals surface area contributed by atoms with Gasteiger partial charge in [-0.05, 0) is 35.8 Å². The fraction of sp³-hybridized carbons (Fsp3) is 0.231. The number of nitrogens with two attached hydrogens (primary N) is 1. The van der Waals surface area contributed by atoms with E-state index in [1.54, 1.807) is 11.9 Å². The lowest BCUT2D eigenvalue weighted by atomic mass is 10.1. The number of fused-ring (bicyclic) bond motifs is 1. The van der Waals surface area contributed by atoms with Crippen LogP contribution in [0.2, 0.25) is 0 Å². The molecule has 0 spiro atoms. The summed E-state index contributed by atoms with van der Waals surface area (Å²) in [7, 11) is 1.75. The van der Waals surface area contributed by atoms with Crippen LogP contribution < -0.4 is 15.4 Å². The van der Waals surface area contributed by atoms with Crippen LogP contribution in [-0.4, -0.2) is 23.9 Å². The van der Waals surface area contributed by atoms with Gasteiger partial charge in [0.2, 0.25) is 0 Å². The predicted molar refractivity (Wildman–Crippen MR) is 74.3 cm³/mol. The van der Waals surface area contributed by atoms with Crippen molar-refractivity contribution in [1.82, 2.24) is 4.37 Å². The molecule has 0 saturated heterocycles. The molecule has 2 aromatic rings. The summed E-state index contributed by atoms with van der Waals surface area (Å²) in [5.41, 5.74) is 8.20. The number of aromatic nitrogens is 1. The van der Waals surface area contributed by atoms with E-state index in [4.69, 9.17) is 10.5 Å². The second-order valence-corrected chi connectivity index (χ2v) is 5.20. The van der Waals surface area contributed by atoms with E-state index in [0.717, 1.165) is 27.6 Å². The average molecular weight is 275 g/mol. The molecule has 1 aliphatic rings. The van der Waals surface area contributed by atoms with Gasteiger partial charge in [0, 0.05) is 24.0 Å². The van der Waals surface area contributed by atoms with Gasteiger partial charge in [-0.3, -0.25) is 4.79 Å². The number of ether oxygens (including phenoxy) is 1. The minimum Gasteiger partial charge on any atom is -0.482 e. The zero-order valence-electron chi connectivity index (χ0n) is 10.4. The average Bonchev–Trinajstić information content (AvgIpc) is 2.92. The summed E-state index contributed by atoms with van der Waals surface area (Å²) < 4.78 is 9.76. The first kappa shape index (κ1) is 12.1. The summed E-state index contributed by atoms with van der Waals surface area (Å²) >= 11 is 1.40. The lowest BCUT2D eigenvalue weighted by molar-refractivity contribution is -0.120. The van der Waals surface area contributed by atoms with Crippen molar-refractivity contribution in [3.05, 3.63) is 29.1 Å². The Labute approximate surface area is 114 Å². The number of likely N-dealkylation sites (N-methyl/N-ethyl adjacent to an activating group) is 1. The lowest BCUT2D eigenvalue weighted by Gasteiger charge is -2.26. The number of hydrogen-bond donors (Lipinski definition) is 1. The molecule has 19 heavy (non-hydrogen) atoms. The highest BCUT2D eigenvalue weighted by Gasteiger charge is 2.22. The van der Waals surface area contributed by atoms with Crippen molar-refractivity contribution in [1.29, 1.82) is 0 Å². The van der Waals surface area contributed by atoms with Gasteiger partial charge in [-0.2, -0.15) is 4.37 Å². The van der Waals surface area contributed by atoms with Gasteiger partial charge in [-0.1, -0.05) is 0 Å². The van der Waals surface area contributed by atoms with E-state index in [9.17, 15) is 4.79 Å². The molecule has 1 amide bonds. The van der Waals surface area contributed by atoms with E-state index >= 15 is 0 Å². The minimum atomic E-state index is -0.0504. The Morgan fingerprint density at radius 2 is 2.32 bits per heavy atom. The van der Waals surface area contributed by atoms with E-state index in [2.05, 4.69) is 4.37 Å². The zero-order valence-corrected chi connectivity index (χ0v) is 11.2. The van der Waals surface area contributed by atoms with Crippen molar-refractivity contribution >= 4 is 23.1 Å². The maximum absolute atomic E-state index is 11.6. The van der Waals surface area contributed by atoms with Crippen LogP contribution in [0.25, 0.3) is 11.3 Å². The molecule has 1 aliphatic heterocycles. The first-order valence-corrected chi connectivity index (χ1v) is 6.66. The van der Waals surface area contributed by atoms with Crippen molar-refractivity contribution in [3.63, 3.8) is 0 Å². The van der Waals surface area contributed by atoms with E-state index in [0.29, 0.717) is 6.54 Å². The Kier molecular flexibility index (Phi) is 2.96. The molecule has 0 aliphatic carbocycles. The summed E-state index contributed by atoms with van der Waals surface area (Å²) in [6.07, 6.45) is 0. The zero-order chi connectivity index (χ0) is 13.4. The highest BCUT2D eigenvalue weighted by molar-refractivity contribution is 7.06. The van der Waals surface area contributed by atoms with Gasteiger partial charge in [0.1, 0.15) is 5.75 Å². The maximum atomic E-state index is 11.6. The van der Waals surface area contributed by atoms with E-state index in [1.165, 1.54) is 11.5 Å². The van der Waals surface area contributed by atoms with Crippen molar-refractivity contribution in [3.8, 4) is 17.0 Å². The number of carbonyl (C=O) groups is 1. The van der Waals surface area contributed by atoms with Gasteiger partial charge < -0.3 is 15.4 Å². The Balaban J connectivity index is 2.03. The van der Waals surface area contributed by atoms with Gasteiger partial charge in [0.05, 0.1) is 11.4 Å². The van der Waals surface area contributed by atoms with Crippen LogP contribution in [0.5, 0.6) is 5.75 Å². The largest absolute Gasteiger partial charge is 0.482 e. The van der Waals surface area contributed by atoms with Gasteiger partial charge in [0.25, 0.3) is 5.91 Å². The molecule has 0 atom stereocenters. The molecule has 2 heterocycles.